The van der Waals surface area contributed by atoms with Crippen molar-refractivity contribution < 1.29 is 9.84 Å². The first-order valence-electron chi connectivity index (χ1n) is 6.30. The zero-order valence-corrected chi connectivity index (χ0v) is 11.1. The lowest BCUT2D eigenvalue weighted by Crippen LogP contribution is -1.99. The Kier molecular flexibility index (Phi) is 3.16. The molecule has 3 aromatic rings. The molecule has 0 radical (unpaired) electrons. The molecule has 0 saturated heterocycles. The zero-order chi connectivity index (χ0) is 13.9. The number of hydrogen-bond donors (Lipinski definition) is 3. The van der Waals surface area contributed by atoms with Gasteiger partial charge < -0.3 is 15.2 Å². The van der Waals surface area contributed by atoms with Gasteiger partial charge in [-0.2, -0.15) is 5.10 Å². The Bertz CT molecular complexity index is 737. The average molecular weight is 269 g/mol. The lowest BCUT2D eigenvalue weighted by molar-refractivity contribution is 0.373. The molecular weight excluding hydrogens is 254 g/mol. The van der Waals surface area contributed by atoms with Crippen LogP contribution < -0.4 is 10.1 Å². The van der Waals surface area contributed by atoms with Gasteiger partial charge in [0.1, 0.15) is 0 Å². The third-order valence-corrected chi connectivity index (χ3v) is 3.21. The first-order chi connectivity index (χ1) is 9.78. The number of aromatic nitrogens is 2. The maximum absolute atomic E-state index is 9.76. The highest BCUT2D eigenvalue weighted by molar-refractivity contribution is 5.90. The van der Waals surface area contributed by atoms with Crippen molar-refractivity contribution in [1.82, 2.24) is 10.2 Å². The number of nitrogens with zero attached hydrogens (tertiary/aromatic N) is 1. The van der Waals surface area contributed by atoms with Crippen molar-refractivity contribution in [2.75, 3.05) is 12.4 Å². The highest BCUT2D eigenvalue weighted by atomic mass is 16.5. The predicted octanol–water partition coefficient (Wildman–Crippen LogP) is 2.89. The number of phenolic OH excluding ortho intramolecular Hbond substituents is 1. The van der Waals surface area contributed by atoms with Crippen molar-refractivity contribution in [3.63, 3.8) is 0 Å². The number of rotatable bonds is 4. The van der Waals surface area contributed by atoms with Crippen LogP contribution in [-0.2, 0) is 6.54 Å². The van der Waals surface area contributed by atoms with E-state index in [0.29, 0.717) is 12.3 Å². The lowest BCUT2D eigenvalue weighted by Gasteiger charge is -2.09. The molecule has 0 spiro atoms. The summed E-state index contributed by atoms with van der Waals surface area (Å²) < 4.78 is 5.03. The molecule has 3 rings (SSSR count). The van der Waals surface area contributed by atoms with Gasteiger partial charge in [-0.3, -0.25) is 5.10 Å². The van der Waals surface area contributed by atoms with E-state index in [4.69, 9.17) is 4.74 Å². The Morgan fingerprint density at radius 3 is 3.00 bits per heavy atom. The van der Waals surface area contributed by atoms with Gasteiger partial charge in [0.05, 0.1) is 18.8 Å². The molecule has 1 aromatic heterocycles. The lowest BCUT2D eigenvalue weighted by atomic mass is 10.1. The maximum atomic E-state index is 9.76. The van der Waals surface area contributed by atoms with Crippen molar-refractivity contribution in [2.45, 2.75) is 6.54 Å². The van der Waals surface area contributed by atoms with Crippen molar-refractivity contribution in [3.05, 3.63) is 48.2 Å². The van der Waals surface area contributed by atoms with Crippen LogP contribution in [0.5, 0.6) is 11.5 Å². The third kappa shape index (κ3) is 2.25. The van der Waals surface area contributed by atoms with Crippen LogP contribution >= 0.6 is 0 Å². The average Bonchev–Trinajstić information content (AvgIpc) is 2.94. The molecule has 0 bridgehead atoms. The monoisotopic (exact) mass is 269 g/mol. The summed E-state index contributed by atoms with van der Waals surface area (Å²) >= 11 is 0. The highest BCUT2D eigenvalue weighted by Gasteiger charge is 2.04. The minimum atomic E-state index is 0.147. The molecule has 0 fully saturated rings. The largest absolute Gasteiger partial charge is 0.504 e. The molecule has 2 aromatic carbocycles. The molecule has 0 atom stereocenters. The van der Waals surface area contributed by atoms with Crippen molar-refractivity contribution >= 4 is 16.6 Å². The first kappa shape index (κ1) is 12.3. The summed E-state index contributed by atoms with van der Waals surface area (Å²) in [6.45, 7) is 0.613. The summed E-state index contributed by atoms with van der Waals surface area (Å²) in [5.74, 6) is 0.624. The van der Waals surface area contributed by atoms with Gasteiger partial charge in [-0.25, -0.2) is 0 Å². The number of phenols is 1. The Labute approximate surface area is 116 Å². The van der Waals surface area contributed by atoms with E-state index in [-0.39, 0.29) is 5.75 Å². The minimum Gasteiger partial charge on any atom is -0.504 e. The quantitative estimate of drug-likeness (QED) is 0.681. The van der Waals surface area contributed by atoms with Crippen LogP contribution in [0.2, 0.25) is 0 Å². The van der Waals surface area contributed by atoms with E-state index < -0.39 is 0 Å². The van der Waals surface area contributed by atoms with Crippen molar-refractivity contribution in [1.29, 1.82) is 0 Å². The third-order valence-electron chi connectivity index (χ3n) is 3.21. The van der Waals surface area contributed by atoms with Crippen LogP contribution in [0.4, 0.5) is 5.69 Å². The van der Waals surface area contributed by atoms with E-state index in [9.17, 15) is 5.11 Å². The van der Waals surface area contributed by atoms with Gasteiger partial charge in [-0.05, 0) is 29.8 Å². The molecule has 1 heterocycles. The number of ether oxygens (including phenoxy) is 1. The molecule has 0 aliphatic heterocycles. The van der Waals surface area contributed by atoms with E-state index >= 15 is 0 Å². The molecule has 0 aliphatic rings. The molecule has 0 unspecified atom stereocenters. The number of methoxy groups -OCH3 is 1. The number of anilines is 1. The fourth-order valence-electron chi connectivity index (χ4n) is 2.17. The molecule has 3 N–H and O–H groups in total. The van der Waals surface area contributed by atoms with Gasteiger partial charge in [0.15, 0.2) is 11.5 Å². The van der Waals surface area contributed by atoms with Crippen LogP contribution in [0.15, 0.2) is 42.6 Å². The summed E-state index contributed by atoms with van der Waals surface area (Å²) in [5.41, 5.74) is 2.97. The number of hydrogen-bond acceptors (Lipinski definition) is 4. The van der Waals surface area contributed by atoms with Crippen LogP contribution in [0.1, 0.15) is 5.56 Å². The topological polar surface area (TPSA) is 70.2 Å². The number of H-pyrrole nitrogens is 1. The molecule has 0 aliphatic carbocycles. The Balaban J connectivity index is 1.79. The smallest absolute Gasteiger partial charge is 0.160 e. The molecule has 20 heavy (non-hydrogen) atoms. The van der Waals surface area contributed by atoms with Gasteiger partial charge in [0, 0.05) is 17.6 Å². The summed E-state index contributed by atoms with van der Waals surface area (Å²) in [7, 11) is 1.53. The van der Waals surface area contributed by atoms with Crippen molar-refractivity contribution in [2.24, 2.45) is 0 Å². The summed E-state index contributed by atoms with van der Waals surface area (Å²) in [6.07, 6.45) is 1.79. The summed E-state index contributed by atoms with van der Waals surface area (Å²) in [4.78, 5) is 0. The standard InChI is InChI=1S/C15H15N3O2/c1-20-15-6-5-10(7-14(15)19)8-16-12-3-2-4-13-11(12)9-17-18-13/h2-7,9,16,19H,8H2,1H3,(H,17,18). The molecule has 0 saturated carbocycles. The molecule has 5 heteroatoms. The normalized spacial score (nSPS) is 10.7. The van der Waals surface area contributed by atoms with E-state index in [1.54, 1.807) is 18.3 Å². The van der Waals surface area contributed by atoms with Crippen molar-refractivity contribution in [3.8, 4) is 11.5 Å². The Morgan fingerprint density at radius 1 is 1.30 bits per heavy atom. The Hall–Kier alpha value is -2.69. The summed E-state index contributed by atoms with van der Waals surface area (Å²) in [6, 6.07) is 11.3. The summed E-state index contributed by atoms with van der Waals surface area (Å²) in [5, 5.41) is 21.1. The van der Waals surface area contributed by atoms with E-state index in [0.717, 1.165) is 22.2 Å². The molecule has 102 valence electrons. The van der Waals surface area contributed by atoms with Crippen LogP contribution in [-0.4, -0.2) is 22.4 Å². The second-order valence-electron chi connectivity index (χ2n) is 4.50. The van der Waals surface area contributed by atoms with Gasteiger partial charge >= 0.3 is 0 Å². The Morgan fingerprint density at radius 2 is 2.20 bits per heavy atom. The van der Waals surface area contributed by atoms with E-state index in [1.807, 2.05) is 24.3 Å². The minimum absolute atomic E-state index is 0.147. The van der Waals surface area contributed by atoms with Gasteiger partial charge in [-0.15, -0.1) is 0 Å². The van der Waals surface area contributed by atoms with Gasteiger partial charge in [-0.1, -0.05) is 12.1 Å². The number of aromatic hydroxyl groups is 1. The van der Waals surface area contributed by atoms with Crippen LogP contribution in [0, 0.1) is 0 Å². The SMILES string of the molecule is COc1ccc(CNc2cccc3[nH]ncc23)cc1O. The van der Waals surface area contributed by atoms with Crippen LogP contribution in [0.3, 0.4) is 0 Å². The maximum Gasteiger partial charge on any atom is 0.160 e. The zero-order valence-electron chi connectivity index (χ0n) is 11.1. The number of benzene rings is 2. The second-order valence-corrected chi connectivity index (χ2v) is 4.50. The van der Waals surface area contributed by atoms with E-state index in [2.05, 4.69) is 15.5 Å². The molecule has 5 nitrogen and oxygen atoms in total. The number of nitrogens with one attached hydrogen (secondary N) is 2. The predicted molar refractivity (Wildman–Crippen MR) is 78.1 cm³/mol. The van der Waals surface area contributed by atoms with Crippen LogP contribution in [0.25, 0.3) is 10.9 Å². The number of aromatic amines is 1. The van der Waals surface area contributed by atoms with E-state index in [1.165, 1.54) is 7.11 Å². The highest BCUT2D eigenvalue weighted by Crippen LogP contribution is 2.27. The molecule has 0 amide bonds. The second kappa shape index (κ2) is 5.13. The van der Waals surface area contributed by atoms with Gasteiger partial charge in [0.2, 0.25) is 0 Å². The fraction of sp³-hybridized carbons (Fsp3) is 0.133. The fourth-order valence-corrected chi connectivity index (χ4v) is 2.17. The molecular formula is C15H15N3O2. The first-order valence-corrected chi connectivity index (χ1v) is 6.30. The van der Waals surface area contributed by atoms with Gasteiger partial charge in [0.25, 0.3) is 0 Å². The number of fused-ring (bicyclic) bond motifs is 1.